The topological polar surface area (TPSA) is 52.3 Å². The molecule has 2 fully saturated rings. The molecule has 2 aromatic rings. The summed E-state index contributed by atoms with van der Waals surface area (Å²) in [4.78, 5) is 11.4. The summed E-state index contributed by atoms with van der Waals surface area (Å²) in [6, 6.07) is 5.37. The molecule has 2 aliphatic rings. The minimum atomic E-state index is -0.0194. The maximum atomic E-state index is 11.4. The Hall–Kier alpha value is -1.36. The molecule has 0 spiro atoms. The van der Waals surface area contributed by atoms with Crippen molar-refractivity contribution in [2.75, 3.05) is 0 Å². The maximum absolute atomic E-state index is 11.4. The van der Waals surface area contributed by atoms with Gasteiger partial charge >= 0.3 is 0 Å². The van der Waals surface area contributed by atoms with E-state index in [0.29, 0.717) is 46.7 Å². The number of aromatic nitrogens is 1. The second kappa shape index (κ2) is 6.51. The summed E-state index contributed by atoms with van der Waals surface area (Å²) in [6.07, 6.45) is 4.05. The van der Waals surface area contributed by atoms with Gasteiger partial charge in [-0.1, -0.05) is 34.4 Å². The van der Waals surface area contributed by atoms with Crippen molar-refractivity contribution in [3.05, 3.63) is 39.6 Å². The van der Waals surface area contributed by atoms with E-state index in [1.807, 2.05) is 0 Å². The Morgan fingerprint density at radius 3 is 2.58 bits per heavy atom. The SMILES string of the molecule is O=C1CCC(OCc2c(-c3c(Cl)cccc3Cl)noc2C2CC2)C1. The molecule has 0 saturated heterocycles. The monoisotopic (exact) mass is 365 g/mol. The van der Waals surface area contributed by atoms with Crippen LogP contribution in [-0.4, -0.2) is 17.0 Å². The third-order valence-corrected chi connectivity index (χ3v) is 5.26. The standard InChI is InChI=1S/C18H17Cl2NO3/c19-14-2-1-3-15(20)16(14)17-13(18(24-21-17)10-4-5-10)9-23-12-7-6-11(22)8-12/h1-3,10,12H,4-9H2. The van der Waals surface area contributed by atoms with Crippen molar-refractivity contribution >= 4 is 29.0 Å². The predicted octanol–water partition coefficient (Wildman–Crippen LogP) is 5.16. The fourth-order valence-corrected chi connectivity index (χ4v) is 3.75. The molecular weight excluding hydrogens is 349 g/mol. The maximum Gasteiger partial charge on any atom is 0.145 e. The summed E-state index contributed by atoms with van der Waals surface area (Å²) in [5.74, 6) is 1.53. The molecule has 126 valence electrons. The summed E-state index contributed by atoms with van der Waals surface area (Å²) < 4.78 is 11.6. The average molecular weight is 366 g/mol. The van der Waals surface area contributed by atoms with E-state index in [1.165, 1.54) is 0 Å². The Kier molecular flexibility index (Phi) is 4.37. The molecule has 24 heavy (non-hydrogen) atoms. The number of hydrogen-bond acceptors (Lipinski definition) is 4. The van der Waals surface area contributed by atoms with E-state index >= 15 is 0 Å². The number of ketones is 1. The normalized spacial score (nSPS) is 20.8. The highest BCUT2D eigenvalue weighted by molar-refractivity contribution is 6.39. The molecule has 0 radical (unpaired) electrons. The molecule has 0 amide bonds. The Morgan fingerprint density at radius 2 is 1.96 bits per heavy atom. The first-order valence-corrected chi connectivity index (χ1v) is 8.95. The highest BCUT2D eigenvalue weighted by Crippen LogP contribution is 2.46. The first-order chi connectivity index (χ1) is 11.6. The van der Waals surface area contributed by atoms with E-state index in [2.05, 4.69) is 5.16 Å². The third kappa shape index (κ3) is 3.10. The van der Waals surface area contributed by atoms with Crippen LogP contribution in [0.25, 0.3) is 11.3 Å². The molecular formula is C18H17Cl2NO3. The zero-order valence-corrected chi connectivity index (χ0v) is 14.6. The molecule has 0 aliphatic heterocycles. The average Bonchev–Trinajstić information content (AvgIpc) is 3.18. The Bertz CT molecular complexity index is 762. The lowest BCUT2D eigenvalue weighted by Gasteiger charge is -2.12. The number of rotatable bonds is 5. The summed E-state index contributed by atoms with van der Waals surface area (Å²) in [5.41, 5.74) is 2.24. The summed E-state index contributed by atoms with van der Waals surface area (Å²) >= 11 is 12.7. The molecule has 1 unspecified atom stereocenters. The number of carbonyl (C=O) groups excluding carboxylic acids is 1. The van der Waals surface area contributed by atoms with E-state index in [4.69, 9.17) is 32.5 Å². The van der Waals surface area contributed by atoms with Crippen LogP contribution in [0.5, 0.6) is 0 Å². The van der Waals surface area contributed by atoms with Gasteiger partial charge in [0.05, 0.1) is 22.8 Å². The van der Waals surface area contributed by atoms with Crippen molar-refractivity contribution in [2.24, 2.45) is 0 Å². The van der Waals surface area contributed by atoms with Crippen LogP contribution in [0.3, 0.4) is 0 Å². The molecule has 4 nitrogen and oxygen atoms in total. The van der Waals surface area contributed by atoms with Gasteiger partial charge in [-0.05, 0) is 31.4 Å². The van der Waals surface area contributed by atoms with Crippen molar-refractivity contribution in [3.8, 4) is 11.3 Å². The summed E-state index contributed by atoms with van der Waals surface area (Å²) in [5, 5.41) is 5.31. The van der Waals surface area contributed by atoms with Crippen molar-refractivity contribution in [1.29, 1.82) is 0 Å². The van der Waals surface area contributed by atoms with Crippen LogP contribution in [0, 0.1) is 0 Å². The minimum absolute atomic E-state index is 0.0194. The fraction of sp³-hybridized carbons (Fsp3) is 0.444. The molecule has 0 N–H and O–H groups in total. The van der Waals surface area contributed by atoms with Gasteiger partial charge in [-0.2, -0.15) is 0 Å². The number of nitrogens with zero attached hydrogens (tertiary/aromatic N) is 1. The van der Waals surface area contributed by atoms with Crippen LogP contribution >= 0.6 is 23.2 Å². The van der Waals surface area contributed by atoms with E-state index in [-0.39, 0.29) is 11.9 Å². The van der Waals surface area contributed by atoms with Gasteiger partial charge < -0.3 is 9.26 Å². The lowest BCUT2D eigenvalue weighted by atomic mass is 10.0. The second-order valence-corrected chi connectivity index (χ2v) is 7.27. The highest BCUT2D eigenvalue weighted by Gasteiger charge is 2.34. The van der Waals surface area contributed by atoms with Crippen LogP contribution < -0.4 is 0 Å². The molecule has 6 heteroatoms. The largest absolute Gasteiger partial charge is 0.373 e. The van der Waals surface area contributed by atoms with Gasteiger partial charge in [-0.15, -0.1) is 0 Å². The quantitative estimate of drug-likeness (QED) is 0.733. The van der Waals surface area contributed by atoms with E-state index in [0.717, 1.165) is 30.6 Å². The molecule has 2 saturated carbocycles. The zero-order chi connectivity index (χ0) is 16.7. The number of benzene rings is 1. The Labute approximate surface area is 150 Å². The van der Waals surface area contributed by atoms with Crippen molar-refractivity contribution < 1.29 is 14.1 Å². The van der Waals surface area contributed by atoms with Crippen molar-refractivity contribution in [2.45, 2.75) is 50.7 Å². The van der Waals surface area contributed by atoms with Gasteiger partial charge in [0, 0.05) is 29.9 Å². The number of halogens is 2. The minimum Gasteiger partial charge on any atom is -0.373 e. The van der Waals surface area contributed by atoms with Crippen LogP contribution in [0.15, 0.2) is 22.7 Å². The molecule has 1 aromatic heterocycles. The highest BCUT2D eigenvalue weighted by atomic mass is 35.5. The van der Waals surface area contributed by atoms with E-state index in [1.54, 1.807) is 18.2 Å². The number of Topliss-reactive ketones (excluding diaryl/α,β-unsaturated/α-hetero) is 1. The van der Waals surface area contributed by atoms with Crippen LogP contribution in [0.1, 0.15) is 49.3 Å². The Balaban J connectivity index is 1.66. The molecule has 0 bridgehead atoms. The smallest absolute Gasteiger partial charge is 0.145 e. The van der Waals surface area contributed by atoms with Crippen LogP contribution in [0.2, 0.25) is 10.0 Å². The Morgan fingerprint density at radius 1 is 1.21 bits per heavy atom. The molecule has 2 aliphatic carbocycles. The molecule has 4 rings (SSSR count). The van der Waals surface area contributed by atoms with Gasteiger partial charge in [-0.25, -0.2) is 0 Å². The van der Waals surface area contributed by atoms with Gasteiger partial charge in [-0.3, -0.25) is 4.79 Å². The first-order valence-electron chi connectivity index (χ1n) is 8.19. The van der Waals surface area contributed by atoms with E-state index in [9.17, 15) is 4.79 Å². The number of hydrogen-bond donors (Lipinski definition) is 0. The second-order valence-electron chi connectivity index (χ2n) is 6.46. The summed E-state index contributed by atoms with van der Waals surface area (Å²) in [6.45, 7) is 0.365. The third-order valence-electron chi connectivity index (χ3n) is 4.63. The number of carbonyl (C=O) groups is 1. The van der Waals surface area contributed by atoms with Crippen LogP contribution in [-0.2, 0) is 16.1 Å². The van der Waals surface area contributed by atoms with E-state index < -0.39 is 0 Å². The number of ether oxygens (including phenoxy) is 1. The van der Waals surface area contributed by atoms with Crippen molar-refractivity contribution in [1.82, 2.24) is 5.16 Å². The van der Waals surface area contributed by atoms with Gasteiger partial charge in [0.15, 0.2) is 0 Å². The molecule has 1 atom stereocenters. The lowest BCUT2D eigenvalue weighted by Crippen LogP contribution is -2.09. The summed E-state index contributed by atoms with van der Waals surface area (Å²) in [7, 11) is 0. The molecule has 1 heterocycles. The first kappa shape index (κ1) is 16.1. The fourth-order valence-electron chi connectivity index (χ4n) is 3.17. The van der Waals surface area contributed by atoms with Gasteiger partial charge in [0.1, 0.15) is 17.2 Å². The predicted molar refractivity (Wildman–Crippen MR) is 91.4 cm³/mol. The van der Waals surface area contributed by atoms with Crippen LogP contribution in [0.4, 0.5) is 0 Å². The molecule has 1 aromatic carbocycles. The zero-order valence-electron chi connectivity index (χ0n) is 13.1. The van der Waals surface area contributed by atoms with Crippen molar-refractivity contribution in [3.63, 3.8) is 0 Å². The van der Waals surface area contributed by atoms with Gasteiger partial charge in [0.2, 0.25) is 0 Å². The lowest BCUT2D eigenvalue weighted by molar-refractivity contribution is -0.118. The van der Waals surface area contributed by atoms with Gasteiger partial charge in [0.25, 0.3) is 0 Å².